The van der Waals surface area contributed by atoms with Crippen LogP contribution in [0.3, 0.4) is 0 Å². The quantitative estimate of drug-likeness (QED) is 0.783. The Kier molecular flexibility index (Phi) is 4.37. The zero-order chi connectivity index (χ0) is 16.1. The smallest absolute Gasteiger partial charge is 0.227 e. The molecule has 0 aliphatic carbocycles. The molecule has 1 aromatic carbocycles. The lowest BCUT2D eigenvalue weighted by Gasteiger charge is -2.04. The predicted octanol–water partition coefficient (Wildman–Crippen LogP) is 2.84. The summed E-state index contributed by atoms with van der Waals surface area (Å²) in [5.41, 5.74) is 0.746. The van der Waals surface area contributed by atoms with Crippen LogP contribution in [0.15, 0.2) is 53.2 Å². The minimum atomic E-state index is -0.476. The van der Waals surface area contributed by atoms with Crippen molar-refractivity contribution in [1.82, 2.24) is 15.1 Å². The summed E-state index contributed by atoms with van der Waals surface area (Å²) < 4.78 is 18.5. The zero-order valence-electron chi connectivity index (χ0n) is 12.1. The van der Waals surface area contributed by atoms with Gasteiger partial charge in [0.15, 0.2) is 0 Å². The maximum atomic E-state index is 13.4. The average Bonchev–Trinajstić information content (AvgIpc) is 3.05. The van der Waals surface area contributed by atoms with Crippen molar-refractivity contribution in [3.8, 4) is 11.5 Å². The van der Waals surface area contributed by atoms with Crippen LogP contribution in [0.4, 0.5) is 10.1 Å². The van der Waals surface area contributed by atoms with E-state index in [-0.39, 0.29) is 24.4 Å². The van der Waals surface area contributed by atoms with Crippen LogP contribution >= 0.6 is 0 Å². The van der Waals surface area contributed by atoms with Crippen LogP contribution in [0.25, 0.3) is 11.5 Å². The molecule has 7 heteroatoms. The number of pyridine rings is 1. The van der Waals surface area contributed by atoms with Crippen molar-refractivity contribution in [1.29, 1.82) is 0 Å². The molecule has 6 nitrogen and oxygen atoms in total. The Bertz CT molecular complexity index is 805. The van der Waals surface area contributed by atoms with Crippen molar-refractivity contribution in [2.45, 2.75) is 12.8 Å². The van der Waals surface area contributed by atoms with Gasteiger partial charge in [0, 0.05) is 19.0 Å². The first-order chi connectivity index (χ1) is 11.2. The fraction of sp³-hybridized carbons (Fsp3) is 0.125. The molecule has 2 aromatic heterocycles. The average molecular weight is 312 g/mol. The van der Waals surface area contributed by atoms with Gasteiger partial charge in [0.25, 0.3) is 0 Å². The molecule has 0 atom stereocenters. The number of aromatic nitrogens is 3. The standard InChI is InChI=1S/C16H13FN4O2/c17-11-5-1-2-6-12(11)19-14(22)8-9-15-20-16(21-23-15)13-7-3-4-10-18-13/h1-7,10H,8-9H2,(H,19,22). The number of rotatable bonds is 5. The van der Waals surface area contributed by atoms with Crippen molar-refractivity contribution >= 4 is 11.6 Å². The summed E-state index contributed by atoms with van der Waals surface area (Å²) in [4.78, 5) is 20.1. The van der Waals surface area contributed by atoms with E-state index in [0.717, 1.165) is 0 Å². The topological polar surface area (TPSA) is 80.9 Å². The third-order valence-corrected chi connectivity index (χ3v) is 3.08. The van der Waals surface area contributed by atoms with E-state index < -0.39 is 5.82 Å². The lowest BCUT2D eigenvalue weighted by molar-refractivity contribution is -0.116. The van der Waals surface area contributed by atoms with Crippen LogP contribution in [-0.2, 0) is 11.2 Å². The molecule has 1 N–H and O–H groups in total. The second kappa shape index (κ2) is 6.78. The summed E-state index contributed by atoms with van der Waals surface area (Å²) >= 11 is 0. The highest BCUT2D eigenvalue weighted by Gasteiger charge is 2.12. The number of carbonyl (C=O) groups is 1. The molecule has 0 unspecified atom stereocenters. The number of halogens is 1. The van der Waals surface area contributed by atoms with Crippen molar-refractivity contribution < 1.29 is 13.7 Å². The lowest BCUT2D eigenvalue weighted by Crippen LogP contribution is -2.13. The van der Waals surface area contributed by atoms with Gasteiger partial charge >= 0.3 is 0 Å². The van der Waals surface area contributed by atoms with E-state index in [1.54, 1.807) is 30.5 Å². The van der Waals surface area contributed by atoms with E-state index in [2.05, 4.69) is 20.4 Å². The molecule has 0 spiro atoms. The number of amides is 1. The fourth-order valence-corrected chi connectivity index (χ4v) is 1.95. The molecule has 0 aliphatic heterocycles. The second-order valence-electron chi connectivity index (χ2n) is 4.75. The lowest BCUT2D eigenvalue weighted by atomic mass is 10.2. The highest BCUT2D eigenvalue weighted by molar-refractivity contribution is 5.90. The molecule has 0 fully saturated rings. The van der Waals surface area contributed by atoms with E-state index >= 15 is 0 Å². The summed E-state index contributed by atoms with van der Waals surface area (Å²) in [6, 6.07) is 11.4. The van der Waals surface area contributed by atoms with Crippen molar-refractivity contribution in [2.24, 2.45) is 0 Å². The number of hydrogen-bond donors (Lipinski definition) is 1. The summed E-state index contributed by atoms with van der Waals surface area (Å²) in [5.74, 6) is -0.104. The van der Waals surface area contributed by atoms with E-state index in [1.165, 1.54) is 12.1 Å². The van der Waals surface area contributed by atoms with Crippen LogP contribution in [-0.4, -0.2) is 21.0 Å². The van der Waals surface area contributed by atoms with Gasteiger partial charge in [0.05, 0.1) is 5.69 Å². The molecular weight excluding hydrogens is 299 g/mol. The maximum Gasteiger partial charge on any atom is 0.227 e. The van der Waals surface area contributed by atoms with Gasteiger partial charge in [-0.15, -0.1) is 0 Å². The van der Waals surface area contributed by atoms with E-state index in [0.29, 0.717) is 17.4 Å². The number of nitrogens with one attached hydrogen (secondary N) is 1. The normalized spacial score (nSPS) is 10.5. The minimum absolute atomic E-state index is 0.109. The third-order valence-electron chi connectivity index (χ3n) is 3.08. The Balaban J connectivity index is 1.58. The third kappa shape index (κ3) is 3.76. The van der Waals surface area contributed by atoms with Crippen LogP contribution in [0.1, 0.15) is 12.3 Å². The van der Waals surface area contributed by atoms with Gasteiger partial charge < -0.3 is 9.84 Å². The van der Waals surface area contributed by atoms with E-state index in [4.69, 9.17) is 4.52 Å². The van der Waals surface area contributed by atoms with Crippen molar-refractivity contribution in [3.05, 3.63) is 60.4 Å². The Morgan fingerprint density at radius 3 is 2.78 bits per heavy atom. The fourth-order valence-electron chi connectivity index (χ4n) is 1.95. The predicted molar refractivity (Wildman–Crippen MR) is 80.9 cm³/mol. The number of nitrogens with zero attached hydrogens (tertiary/aromatic N) is 3. The SMILES string of the molecule is O=C(CCc1nc(-c2ccccn2)no1)Nc1ccccc1F. The van der Waals surface area contributed by atoms with Gasteiger partial charge in [-0.05, 0) is 24.3 Å². The van der Waals surface area contributed by atoms with Gasteiger partial charge in [-0.1, -0.05) is 23.4 Å². The molecule has 0 radical (unpaired) electrons. The van der Waals surface area contributed by atoms with Gasteiger partial charge in [0.1, 0.15) is 11.5 Å². The highest BCUT2D eigenvalue weighted by atomic mass is 19.1. The van der Waals surface area contributed by atoms with E-state index in [1.807, 2.05) is 6.07 Å². The molecule has 116 valence electrons. The Hall–Kier alpha value is -3.09. The van der Waals surface area contributed by atoms with Crippen molar-refractivity contribution in [2.75, 3.05) is 5.32 Å². The summed E-state index contributed by atoms with van der Waals surface area (Å²) in [6.45, 7) is 0. The van der Waals surface area contributed by atoms with Crippen LogP contribution in [0.5, 0.6) is 0 Å². The molecule has 1 amide bonds. The number of hydrogen-bond acceptors (Lipinski definition) is 5. The number of para-hydroxylation sites is 1. The monoisotopic (exact) mass is 312 g/mol. The first kappa shape index (κ1) is 14.8. The molecular formula is C16H13FN4O2. The zero-order valence-corrected chi connectivity index (χ0v) is 12.1. The molecule has 23 heavy (non-hydrogen) atoms. The number of anilines is 1. The van der Waals surface area contributed by atoms with Crippen LogP contribution in [0.2, 0.25) is 0 Å². The number of aryl methyl sites for hydroxylation is 1. The molecule has 0 bridgehead atoms. The minimum Gasteiger partial charge on any atom is -0.339 e. The molecule has 3 aromatic rings. The number of benzene rings is 1. The molecule has 3 rings (SSSR count). The number of carbonyl (C=O) groups excluding carboxylic acids is 1. The molecule has 0 aliphatic rings. The van der Waals surface area contributed by atoms with E-state index in [9.17, 15) is 9.18 Å². The first-order valence-corrected chi connectivity index (χ1v) is 7.01. The first-order valence-electron chi connectivity index (χ1n) is 7.01. The Labute approximate surface area is 131 Å². The van der Waals surface area contributed by atoms with Crippen molar-refractivity contribution in [3.63, 3.8) is 0 Å². The molecule has 2 heterocycles. The summed E-state index contributed by atoms with van der Waals surface area (Å²) in [6.07, 6.45) is 2.01. The Morgan fingerprint density at radius 2 is 2.00 bits per heavy atom. The second-order valence-corrected chi connectivity index (χ2v) is 4.75. The van der Waals surface area contributed by atoms with Gasteiger partial charge in [0.2, 0.25) is 17.6 Å². The van der Waals surface area contributed by atoms with Crippen LogP contribution < -0.4 is 5.32 Å². The maximum absolute atomic E-state index is 13.4. The van der Waals surface area contributed by atoms with Gasteiger partial charge in [-0.3, -0.25) is 9.78 Å². The van der Waals surface area contributed by atoms with Gasteiger partial charge in [-0.25, -0.2) is 4.39 Å². The summed E-state index contributed by atoms with van der Waals surface area (Å²) in [7, 11) is 0. The largest absolute Gasteiger partial charge is 0.339 e. The molecule has 0 saturated heterocycles. The van der Waals surface area contributed by atoms with Crippen LogP contribution in [0, 0.1) is 5.82 Å². The summed E-state index contributed by atoms with van der Waals surface area (Å²) in [5, 5.41) is 6.32. The van der Waals surface area contributed by atoms with Gasteiger partial charge in [-0.2, -0.15) is 4.98 Å². The Morgan fingerprint density at radius 1 is 1.17 bits per heavy atom. The molecule has 0 saturated carbocycles. The highest BCUT2D eigenvalue weighted by Crippen LogP contribution is 2.14.